The third kappa shape index (κ3) is 9.22. The van der Waals surface area contributed by atoms with Crippen molar-refractivity contribution in [3.63, 3.8) is 0 Å². The van der Waals surface area contributed by atoms with Gasteiger partial charge in [0.2, 0.25) is 0 Å². The van der Waals surface area contributed by atoms with Crippen molar-refractivity contribution < 1.29 is 0 Å². The summed E-state index contributed by atoms with van der Waals surface area (Å²) in [7, 11) is 0. The monoisotopic (exact) mass is 484 g/mol. The van der Waals surface area contributed by atoms with Crippen LogP contribution in [-0.2, 0) is 4.87 Å². The number of unbranched alkanes of at least 4 members (excludes halogenated alkanes) is 15. The first-order chi connectivity index (χ1) is 16.5. The molecular weight excluding hydrogens is 432 g/mol. The quantitative estimate of drug-likeness (QED) is 0.135. The molecule has 34 heavy (non-hydrogen) atoms. The molecule has 0 radical (unpaired) electrons. The van der Waals surface area contributed by atoms with E-state index in [2.05, 4.69) is 75.4 Å². The van der Waals surface area contributed by atoms with E-state index in [1.807, 2.05) is 0 Å². The molecule has 0 amide bonds. The Kier molecular flexibility index (Phi) is 14.3. The van der Waals surface area contributed by atoms with Crippen LogP contribution in [0.3, 0.4) is 0 Å². The van der Waals surface area contributed by atoms with E-state index in [4.69, 9.17) is 11.6 Å². The largest absolute Gasteiger partial charge is 0.113 e. The highest BCUT2D eigenvalue weighted by Gasteiger charge is 2.49. The number of benzene rings is 1. The summed E-state index contributed by atoms with van der Waals surface area (Å²) in [6.07, 6.45) is 32.5. The molecule has 0 heterocycles. The summed E-state index contributed by atoms with van der Waals surface area (Å²) in [6, 6.07) is 10.8. The van der Waals surface area contributed by atoms with Crippen LogP contribution >= 0.6 is 11.6 Å². The number of alkyl halides is 1. The molecule has 0 nitrogen and oxygen atoms in total. The Hall–Kier alpha value is -1.01. The molecule has 0 saturated carbocycles. The molecule has 3 unspecified atom stereocenters. The lowest BCUT2D eigenvalue weighted by Crippen LogP contribution is -2.43. The van der Waals surface area contributed by atoms with E-state index in [9.17, 15) is 0 Å². The van der Waals surface area contributed by atoms with Crippen LogP contribution in [0.15, 0.2) is 54.6 Å². The van der Waals surface area contributed by atoms with E-state index in [1.54, 1.807) is 0 Å². The van der Waals surface area contributed by atoms with Gasteiger partial charge in [-0.15, -0.1) is 11.6 Å². The van der Waals surface area contributed by atoms with Crippen molar-refractivity contribution in [1.29, 1.82) is 0 Å². The number of allylic oxidation sites excluding steroid dienone is 4. The van der Waals surface area contributed by atoms with Crippen molar-refractivity contribution in [3.8, 4) is 0 Å². The summed E-state index contributed by atoms with van der Waals surface area (Å²) in [4.78, 5) is -0.356. The van der Waals surface area contributed by atoms with Crippen LogP contribution in [-0.4, -0.2) is 0 Å². The zero-order valence-electron chi connectivity index (χ0n) is 22.7. The molecule has 0 fully saturated rings. The van der Waals surface area contributed by atoms with Gasteiger partial charge >= 0.3 is 0 Å². The van der Waals surface area contributed by atoms with Crippen LogP contribution in [0.25, 0.3) is 0 Å². The molecule has 1 heteroatoms. The highest BCUT2D eigenvalue weighted by Crippen LogP contribution is 2.55. The van der Waals surface area contributed by atoms with Gasteiger partial charge < -0.3 is 0 Å². The Balaban J connectivity index is 1.60. The third-order valence-electron chi connectivity index (χ3n) is 8.36. The van der Waals surface area contributed by atoms with E-state index in [-0.39, 0.29) is 10.3 Å². The van der Waals surface area contributed by atoms with Gasteiger partial charge in [-0.05, 0) is 17.9 Å². The van der Waals surface area contributed by atoms with Crippen LogP contribution < -0.4 is 0 Å². The highest BCUT2D eigenvalue weighted by atomic mass is 35.5. The fourth-order valence-electron chi connectivity index (χ4n) is 5.67. The fourth-order valence-corrected chi connectivity index (χ4v) is 6.17. The molecular formula is C33H53Cl. The minimum absolute atomic E-state index is 0.0693. The maximum absolute atomic E-state index is 7.56. The summed E-state index contributed by atoms with van der Waals surface area (Å²) in [5.74, 6) is 0.427. The van der Waals surface area contributed by atoms with Crippen molar-refractivity contribution in [3.05, 3.63) is 60.2 Å². The van der Waals surface area contributed by atoms with Crippen LogP contribution in [0.1, 0.15) is 135 Å². The minimum atomic E-state index is -0.356. The average molecular weight is 485 g/mol. The van der Waals surface area contributed by atoms with Crippen molar-refractivity contribution in [2.45, 2.75) is 135 Å². The summed E-state index contributed by atoms with van der Waals surface area (Å²) in [5.41, 5.74) is 1.20. The van der Waals surface area contributed by atoms with Crippen molar-refractivity contribution >= 4 is 11.6 Å². The Morgan fingerprint density at radius 2 is 1.18 bits per heavy atom. The number of hydrogen-bond donors (Lipinski definition) is 0. The van der Waals surface area contributed by atoms with E-state index in [0.717, 1.165) is 6.42 Å². The van der Waals surface area contributed by atoms with E-state index >= 15 is 0 Å². The molecule has 0 bridgehead atoms. The van der Waals surface area contributed by atoms with Crippen LogP contribution in [0.2, 0.25) is 0 Å². The maximum atomic E-state index is 7.56. The molecule has 1 aromatic rings. The summed E-state index contributed by atoms with van der Waals surface area (Å²) in [6.45, 7) is 6.96. The Bertz CT molecular complexity index is 690. The second-order valence-corrected chi connectivity index (χ2v) is 11.7. The molecule has 1 aliphatic rings. The normalized spacial score (nSPS) is 21.6. The second kappa shape index (κ2) is 16.6. The van der Waals surface area contributed by atoms with Gasteiger partial charge in [0.25, 0.3) is 0 Å². The number of rotatable bonds is 19. The Labute approximate surface area is 217 Å². The molecule has 1 aliphatic carbocycles. The molecule has 192 valence electrons. The SMILES string of the molecule is CCCCCCCCCCCCCCCCCCC(Cl)(c1ccccc1)C1(C)C=CC=CC1C. The Morgan fingerprint density at radius 1 is 0.706 bits per heavy atom. The van der Waals surface area contributed by atoms with Gasteiger partial charge in [-0.25, -0.2) is 0 Å². The topological polar surface area (TPSA) is 0 Å². The molecule has 3 atom stereocenters. The molecule has 0 aliphatic heterocycles. The average Bonchev–Trinajstić information content (AvgIpc) is 2.86. The lowest BCUT2D eigenvalue weighted by Gasteiger charge is -2.47. The highest BCUT2D eigenvalue weighted by molar-refractivity contribution is 6.24. The van der Waals surface area contributed by atoms with Gasteiger partial charge in [0, 0.05) is 5.41 Å². The van der Waals surface area contributed by atoms with Gasteiger partial charge in [0.05, 0.1) is 4.87 Å². The van der Waals surface area contributed by atoms with Crippen molar-refractivity contribution in [1.82, 2.24) is 0 Å². The minimum Gasteiger partial charge on any atom is -0.113 e. The summed E-state index contributed by atoms with van der Waals surface area (Å²) >= 11 is 7.56. The predicted octanol–water partition coefficient (Wildman–Crippen LogP) is 11.5. The third-order valence-corrected chi connectivity index (χ3v) is 9.17. The van der Waals surface area contributed by atoms with Crippen molar-refractivity contribution in [2.75, 3.05) is 0 Å². The zero-order chi connectivity index (χ0) is 24.5. The van der Waals surface area contributed by atoms with Gasteiger partial charge in [0.1, 0.15) is 0 Å². The molecule has 0 spiro atoms. The molecule has 0 N–H and O–H groups in total. The van der Waals surface area contributed by atoms with Gasteiger partial charge in [-0.1, -0.05) is 178 Å². The van der Waals surface area contributed by atoms with Crippen LogP contribution in [0.5, 0.6) is 0 Å². The standard InChI is InChI=1S/C33H53Cl/c1-4-5-6-7-8-9-10-11-12-13-14-15-16-17-18-23-29-33(34,31-26-20-19-21-27-31)32(3)28-24-22-25-30(32)2/h19-22,24-28,30H,4-18,23,29H2,1-3H3. The van der Waals surface area contributed by atoms with E-state index in [1.165, 1.54) is 108 Å². The summed E-state index contributed by atoms with van der Waals surface area (Å²) in [5, 5.41) is 0. The molecule has 0 saturated heterocycles. The van der Waals surface area contributed by atoms with Crippen LogP contribution in [0, 0.1) is 11.3 Å². The van der Waals surface area contributed by atoms with E-state index in [0.29, 0.717) is 5.92 Å². The first-order valence-corrected chi connectivity index (χ1v) is 15.0. The molecule has 1 aromatic carbocycles. The summed E-state index contributed by atoms with van der Waals surface area (Å²) < 4.78 is 0. The van der Waals surface area contributed by atoms with Crippen LogP contribution in [0.4, 0.5) is 0 Å². The predicted molar refractivity (Wildman–Crippen MR) is 154 cm³/mol. The molecule has 0 aromatic heterocycles. The lowest BCUT2D eigenvalue weighted by molar-refractivity contribution is 0.205. The van der Waals surface area contributed by atoms with Gasteiger partial charge in [-0.3, -0.25) is 0 Å². The first-order valence-electron chi connectivity index (χ1n) is 14.6. The fraction of sp³-hybridized carbons (Fsp3) is 0.697. The first kappa shape index (κ1) is 29.2. The Morgan fingerprint density at radius 3 is 1.65 bits per heavy atom. The smallest absolute Gasteiger partial charge is 0.0788 e. The van der Waals surface area contributed by atoms with E-state index < -0.39 is 0 Å². The van der Waals surface area contributed by atoms with Crippen molar-refractivity contribution in [2.24, 2.45) is 11.3 Å². The van der Waals surface area contributed by atoms with Gasteiger partial charge in [-0.2, -0.15) is 0 Å². The zero-order valence-corrected chi connectivity index (χ0v) is 23.4. The maximum Gasteiger partial charge on any atom is 0.0788 e. The molecule has 2 rings (SSSR count). The second-order valence-electron chi connectivity index (χ2n) is 11.0. The van der Waals surface area contributed by atoms with Gasteiger partial charge in [0.15, 0.2) is 0 Å². The number of hydrogen-bond acceptors (Lipinski definition) is 0. The number of halogens is 1. The lowest BCUT2D eigenvalue weighted by atomic mass is 9.62.